The van der Waals surface area contributed by atoms with Crippen LogP contribution in [0.1, 0.15) is 10.4 Å². The van der Waals surface area contributed by atoms with Gasteiger partial charge in [-0.3, -0.25) is 14.6 Å². The van der Waals surface area contributed by atoms with Gasteiger partial charge in [-0.15, -0.1) is 0 Å². The molecule has 0 aliphatic rings. The minimum absolute atomic E-state index is 0.0399. The number of rotatable bonds is 4. The van der Waals surface area contributed by atoms with Crippen LogP contribution in [0.5, 0.6) is 0 Å². The van der Waals surface area contributed by atoms with Crippen LogP contribution in [0.15, 0.2) is 35.4 Å². The Morgan fingerprint density at radius 2 is 1.90 bits per heavy atom. The number of hydrogen-bond donors (Lipinski definition) is 3. The summed E-state index contributed by atoms with van der Waals surface area (Å²) in [6, 6.07) is 6.09. The van der Waals surface area contributed by atoms with Gasteiger partial charge in [-0.2, -0.15) is 5.10 Å². The number of benzene rings is 1. The number of aromatic amines is 1. The van der Waals surface area contributed by atoms with E-state index in [4.69, 9.17) is 5.73 Å². The van der Waals surface area contributed by atoms with Gasteiger partial charge in [-0.05, 0) is 24.3 Å². The van der Waals surface area contributed by atoms with Gasteiger partial charge in [0.1, 0.15) is 10.7 Å². The number of H-pyrrole nitrogens is 1. The topological polar surface area (TPSA) is 121 Å². The molecule has 1 heterocycles. The van der Waals surface area contributed by atoms with Gasteiger partial charge < -0.3 is 10.6 Å². The molecule has 0 bridgehead atoms. The molecular weight excluding hydrogens is 294 g/mol. The van der Waals surface area contributed by atoms with Crippen LogP contribution in [-0.2, 0) is 10.0 Å². The lowest BCUT2D eigenvalue weighted by Crippen LogP contribution is -2.21. The Labute approximate surface area is 122 Å². The van der Waals surface area contributed by atoms with Gasteiger partial charge in [0.2, 0.25) is 0 Å². The Balaban J connectivity index is 2.21. The van der Waals surface area contributed by atoms with Crippen molar-refractivity contribution in [1.29, 1.82) is 0 Å². The standard InChI is InChI=1S/C12H15N5O3S/c1-17(2)12(18)8-3-5-9(6-4-8)16-21(19,20)10-7-14-15-11(10)13/h3-7,16H,1-2H3,(H3,13,14,15). The maximum atomic E-state index is 12.1. The Morgan fingerprint density at radius 3 is 2.38 bits per heavy atom. The maximum absolute atomic E-state index is 12.1. The second kappa shape index (κ2) is 5.44. The van der Waals surface area contributed by atoms with Crippen LogP contribution in [0.3, 0.4) is 0 Å². The fourth-order valence-electron chi connectivity index (χ4n) is 1.65. The van der Waals surface area contributed by atoms with E-state index in [-0.39, 0.29) is 16.6 Å². The summed E-state index contributed by atoms with van der Waals surface area (Å²) in [7, 11) is -0.535. The molecule has 0 spiro atoms. The summed E-state index contributed by atoms with van der Waals surface area (Å²) in [5, 5.41) is 5.92. The van der Waals surface area contributed by atoms with Crippen molar-refractivity contribution in [3.63, 3.8) is 0 Å². The van der Waals surface area contributed by atoms with Crippen molar-refractivity contribution < 1.29 is 13.2 Å². The highest BCUT2D eigenvalue weighted by Gasteiger charge is 2.19. The summed E-state index contributed by atoms with van der Waals surface area (Å²) in [6.45, 7) is 0. The van der Waals surface area contributed by atoms with E-state index in [1.54, 1.807) is 26.2 Å². The van der Waals surface area contributed by atoms with Crippen molar-refractivity contribution in [2.75, 3.05) is 24.6 Å². The molecule has 1 amide bonds. The molecule has 0 aliphatic carbocycles. The lowest BCUT2D eigenvalue weighted by molar-refractivity contribution is 0.0827. The largest absolute Gasteiger partial charge is 0.383 e. The molecular formula is C12H15N5O3S. The number of anilines is 2. The first-order valence-corrected chi connectivity index (χ1v) is 7.43. The summed E-state index contributed by atoms with van der Waals surface area (Å²) in [5.74, 6) is -0.203. The molecule has 21 heavy (non-hydrogen) atoms. The molecule has 0 aliphatic heterocycles. The number of nitrogens with zero attached hydrogens (tertiary/aromatic N) is 2. The molecule has 8 nitrogen and oxygen atoms in total. The fraction of sp³-hybridized carbons (Fsp3) is 0.167. The summed E-state index contributed by atoms with van der Waals surface area (Å²) in [5.41, 5.74) is 6.28. The first-order valence-electron chi connectivity index (χ1n) is 5.94. The third kappa shape index (κ3) is 3.14. The zero-order valence-electron chi connectivity index (χ0n) is 11.5. The Morgan fingerprint density at radius 1 is 1.29 bits per heavy atom. The molecule has 4 N–H and O–H groups in total. The molecule has 112 valence electrons. The van der Waals surface area contributed by atoms with Gasteiger partial charge in [0.15, 0.2) is 0 Å². The third-order valence-corrected chi connectivity index (χ3v) is 4.12. The first-order chi connectivity index (χ1) is 9.81. The van der Waals surface area contributed by atoms with Crippen LogP contribution < -0.4 is 10.5 Å². The van der Waals surface area contributed by atoms with E-state index in [9.17, 15) is 13.2 Å². The van der Waals surface area contributed by atoms with Gasteiger partial charge in [-0.1, -0.05) is 0 Å². The van der Waals surface area contributed by atoms with Gasteiger partial charge in [-0.25, -0.2) is 8.42 Å². The molecule has 1 aromatic carbocycles. The minimum atomic E-state index is -3.81. The zero-order valence-corrected chi connectivity index (χ0v) is 12.3. The van der Waals surface area contributed by atoms with Gasteiger partial charge in [0.25, 0.3) is 15.9 Å². The van der Waals surface area contributed by atoms with Gasteiger partial charge in [0.05, 0.1) is 6.20 Å². The minimum Gasteiger partial charge on any atom is -0.383 e. The van der Waals surface area contributed by atoms with Crippen molar-refractivity contribution in [2.24, 2.45) is 0 Å². The monoisotopic (exact) mass is 309 g/mol. The molecule has 1 aromatic heterocycles. The van der Waals surface area contributed by atoms with Gasteiger partial charge in [0, 0.05) is 25.3 Å². The number of carbonyl (C=O) groups excluding carboxylic acids is 1. The van der Waals surface area contributed by atoms with Crippen LogP contribution in [0.4, 0.5) is 11.5 Å². The van der Waals surface area contributed by atoms with Crippen LogP contribution in [0.25, 0.3) is 0 Å². The number of sulfonamides is 1. The lowest BCUT2D eigenvalue weighted by atomic mass is 10.2. The fourth-order valence-corrected chi connectivity index (χ4v) is 2.73. The van der Waals surface area contributed by atoms with Crippen LogP contribution in [0, 0.1) is 0 Å². The highest BCUT2D eigenvalue weighted by molar-refractivity contribution is 7.92. The maximum Gasteiger partial charge on any atom is 0.267 e. The summed E-state index contributed by atoms with van der Waals surface area (Å²) >= 11 is 0. The zero-order chi connectivity index (χ0) is 15.6. The van der Waals surface area contributed by atoms with Crippen LogP contribution in [0.2, 0.25) is 0 Å². The average molecular weight is 309 g/mol. The molecule has 0 fully saturated rings. The van der Waals surface area contributed by atoms with Crippen LogP contribution >= 0.6 is 0 Å². The molecule has 9 heteroatoms. The smallest absolute Gasteiger partial charge is 0.267 e. The van der Waals surface area contributed by atoms with E-state index in [0.717, 1.165) is 6.20 Å². The van der Waals surface area contributed by atoms with Crippen molar-refractivity contribution in [1.82, 2.24) is 15.1 Å². The number of amides is 1. The predicted octanol–water partition coefficient (Wildman–Crippen LogP) is 0.494. The SMILES string of the molecule is CN(C)C(=O)c1ccc(NS(=O)(=O)c2cn[nH]c2N)cc1. The molecule has 0 radical (unpaired) electrons. The van der Waals surface area contributed by atoms with Crippen molar-refractivity contribution in [2.45, 2.75) is 4.90 Å². The lowest BCUT2D eigenvalue weighted by Gasteiger charge is -2.11. The number of carbonyl (C=O) groups is 1. The number of aromatic nitrogens is 2. The molecule has 0 unspecified atom stereocenters. The van der Waals surface area contributed by atoms with Gasteiger partial charge >= 0.3 is 0 Å². The second-order valence-corrected chi connectivity index (χ2v) is 6.18. The van der Waals surface area contributed by atoms with E-state index >= 15 is 0 Å². The Hall–Kier alpha value is -2.55. The average Bonchev–Trinajstić information content (AvgIpc) is 2.85. The Kier molecular flexibility index (Phi) is 3.85. The molecule has 2 aromatic rings. The summed E-state index contributed by atoms with van der Waals surface area (Å²) in [6.07, 6.45) is 1.13. The quantitative estimate of drug-likeness (QED) is 0.759. The Bertz CT molecular complexity index is 749. The van der Waals surface area contributed by atoms with E-state index in [1.165, 1.54) is 17.0 Å². The van der Waals surface area contributed by atoms with E-state index < -0.39 is 10.0 Å². The van der Waals surface area contributed by atoms with E-state index in [1.807, 2.05) is 0 Å². The molecule has 0 saturated carbocycles. The molecule has 0 atom stereocenters. The van der Waals surface area contributed by atoms with Crippen LogP contribution in [-0.4, -0.2) is 43.5 Å². The van der Waals surface area contributed by atoms with Crippen molar-refractivity contribution in [3.8, 4) is 0 Å². The number of nitrogens with two attached hydrogens (primary N) is 1. The first kappa shape index (κ1) is 14.9. The summed E-state index contributed by atoms with van der Waals surface area (Å²) in [4.78, 5) is 13.0. The molecule has 2 rings (SSSR count). The number of nitrogens with one attached hydrogen (secondary N) is 2. The second-order valence-electron chi connectivity index (χ2n) is 4.53. The molecule has 0 saturated heterocycles. The third-order valence-electron chi connectivity index (χ3n) is 2.71. The van der Waals surface area contributed by atoms with E-state index in [2.05, 4.69) is 14.9 Å². The normalized spacial score (nSPS) is 11.1. The van der Waals surface area contributed by atoms with E-state index in [0.29, 0.717) is 11.3 Å². The predicted molar refractivity (Wildman–Crippen MR) is 78.3 cm³/mol. The number of nitrogen functional groups attached to an aromatic ring is 1. The highest BCUT2D eigenvalue weighted by Crippen LogP contribution is 2.19. The summed E-state index contributed by atoms with van der Waals surface area (Å²) < 4.78 is 26.5. The van der Waals surface area contributed by atoms with Crippen molar-refractivity contribution >= 4 is 27.4 Å². The number of hydrogen-bond acceptors (Lipinski definition) is 5. The van der Waals surface area contributed by atoms with Crippen molar-refractivity contribution in [3.05, 3.63) is 36.0 Å². The highest BCUT2D eigenvalue weighted by atomic mass is 32.2.